The van der Waals surface area contributed by atoms with Crippen molar-refractivity contribution in [2.24, 2.45) is 0 Å². The number of H-pyrrole nitrogens is 1. The molecule has 85 valence electrons. The van der Waals surface area contributed by atoms with E-state index in [9.17, 15) is 0 Å². The molecule has 0 spiro atoms. The first-order chi connectivity index (χ1) is 8.78. The summed E-state index contributed by atoms with van der Waals surface area (Å²) in [6, 6.07) is 19.1. The minimum atomic E-state index is 0.725. The van der Waals surface area contributed by atoms with Gasteiger partial charge in [0.1, 0.15) is 0 Å². The Morgan fingerprint density at radius 3 is 2.83 bits per heavy atom. The van der Waals surface area contributed by atoms with Gasteiger partial charge in [-0.25, -0.2) is 0 Å². The Hall–Kier alpha value is -2.53. The Bertz CT molecular complexity index is 727. The quantitative estimate of drug-likeness (QED) is 0.679. The third-order valence-electron chi connectivity index (χ3n) is 3.12. The molecule has 1 aromatic heterocycles. The van der Waals surface area contributed by atoms with Crippen LogP contribution in [-0.4, -0.2) is 4.98 Å². The lowest BCUT2D eigenvalue weighted by Gasteiger charge is -2.01. The standard InChI is InChI=1S/C16H11N2/c1-11-8-13(6-7-14(11)10-17)16-9-12-4-2-3-5-15(12)18-16/h3-9,18H,1H3. The molecule has 0 aliphatic rings. The van der Waals surface area contributed by atoms with E-state index < -0.39 is 0 Å². The number of benzene rings is 2. The Morgan fingerprint density at radius 2 is 2.11 bits per heavy atom. The number of hydrogen-bond acceptors (Lipinski definition) is 1. The van der Waals surface area contributed by atoms with E-state index in [0.29, 0.717) is 0 Å². The summed E-state index contributed by atoms with van der Waals surface area (Å²) in [6.07, 6.45) is 0. The average Bonchev–Trinajstić information content (AvgIpc) is 2.82. The van der Waals surface area contributed by atoms with Crippen LogP contribution in [0.25, 0.3) is 22.2 Å². The summed E-state index contributed by atoms with van der Waals surface area (Å²) >= 11 is 0. The van der Waals surface area contributed by atoms with Crippen LogP contribution >= 0.6 is 0 Å². The van der Waals surface area contributed by atoms with Crippen molar-refractivity contribution in [3.05, 3.63) is 59.7 Å². The molecule has 1 N–H and O–H groups in total. The number of fused-ring (bicyclic) bond motifs is 1. The zero-order valence-electron chi connectivity index (χ0n) is 9.99. The monoisotopic (exact) mass is 231 g/mol. The zero-order valence-corrected chi connectivity index (χ0v) is 9.99. The number of hydrogen-bond donors (Lipinski definition) is 1. The molecule has 0 aliphatic carbocycles. The maximum atomic E-state index is 8.93. The molecule has 2 nitrogen and oxygen atoms in total. The summed E-state index contributed by atoms with van der Waals surface area (Å²) in [6.45, 7) is 1.96. The second-order valence-corrected chi connectivity index (χ2v) is 4.34. The maximum Gasteiger partial charge on any atom is 0.0994 e. The molecule has 0 atom stereocenters. The van der Waals surface area contributed by atoms with E-state index in [0.717, 1.165) is 33.3 Å². The van der Waals surface area contributed by atoms with Crippen LogP contribution in [0.1, 0.15) is 11.1 Å². The van der Waals surface area contributed by atoms with Gasteiger partial charge in [0.15, 0.2) is 0 Å². The zero-order chi connectivity index (χ0) is 12.5. The molecule has 0 bridgehead atoms. The average molecular weight is 231 g/mol. The fraction of sp³-hybridized carbons (Fsp3) is 0.0625. The first-order valence-electron chi connectivity index (χ1n) is 5.78. The number of aryl methyl sites for hydroxylation is 1. The topological polar surface area (TPSA) is 39.6 Å². The van der Waals surface area contributed by atoms with Gasteiger partial charge in [0.25, 0.3) is 0 Å². The Balaban J connectivity index is 2.15. The van der Waals surface area contributed by atoms with Gasteiger partial charge in [0.2, 0.25) is 0 Å². The van der Waals surface area contributed by atoms with Gasteiger partial charge in [-0.2, -0.15) is 5.26 Å². The van der Waals surface area contributed by atoms with Crippen LogP contribution in [0.2, 0.25) is 0 Å². The minimum Gasteiger partial charge on any atom is -0.355 e. The van der Waals surface area contributed by atoms with E-state index in [1.54, 1.807) is 0 Å². The van der Waals surface area contributed by atoms with E-state index in [1.807, 2.05) is 43.3 Å². The van der Waals surface area contributed by atoms with Crippen molar-refractivity contribution < 1.29 is 0 Å². The lowest BCUT2D eigenvalue weighted by molar-refractivity contribution is 1.37. The molecule has 0 aliphatic heterocycles. The highest BCUT2D eigenvalue weighted by molar-refractivity contribution is 5.85. The van der Waals surface area contributed by atoms with Crippen molar-refractivity contribution in [3.63, 3.8) is 0 Å². The molecule has 3 rings (SSSR count). The van der Waals surface area contributed by atoms with Crippen molar-refractivity contribution in [1.29, 1.82) is 5.26 Å². The van der Waals surface area contributed by atoms with Crippen LogP contribution in [0.5, 0.6) is 0 Å². The van der Waals surface area contributed by atoms with E-state index in [-0.39, 0.29) is 0 Å². The van der Waals surface area contributed by atoms with Gasteiger partial charge in [0.05, 0.1) is 11.6 Å². The van der Waals surface area contributed by atoms with Gasteiger partial charge in [-0.1, -0.05) is 12.1 Å². The van der Waals surface area contributed by atoms with Crippen LogP contribution in [0.15, 0.2) is 42.5 Å². The van der Waals surface area contributed by atoms with Gasteiger partial charge in [-0.15, -0.1) is 0 Å². The maximum absolute atomic E-state index is 8.93. The number of nitrogens with zero attached hydrogens (tertiary/aromatic N) is 1. The second-order valence-electron chi connectivity index (χ2n) is 4.34. The highest BCUT2D eigenvalue weighted by Crippen LogP contribution is 2.25. The van der Waals surface area contributed by atoms with E-state index in [4.69, 9.17) is 5.26 Å². The number of aromatic amines is 1. The molecule has 0 amide bonds. The Kier molecular flexibility index (Phi) is 2.39. The first-order valence-corrected chi connectivity index (χ1v) is 5.78. The SMILES string of the molecule is Cc1cc(-c2cc3c[c]ccc3[nH]2)ccc1C#N. The van der Waals surface area contributed by atoms with Crippen molar-refractivity contribution >= 4 is 10.9 Å². The lowest BCUT2D eigenvalue weighted by Crippen LogP contribution is -1.84. The van der Waals surface area contributed by atoms with Gasteiger partial charge in [-0.3, -0.25) is 0 Å². The van der Waals surface area contributed by atoms with Crippen LogP contribution in [0.4, 0.5) is 0 Å². The van der Waals surface area contributed by atoms with Gasteiger partial charge >= 0.3 is 0 Å². The Morgan fingerprint density at radius 1 is 1.22 bits per heavy atom. The van der Waals surface area contributed by atoms with Gasteiger partial charge < -0.3 is 4.98 Å². The summed E-state index contributed by atoms with van der Waals surface area (Å²) in [5, 5.41) is 10.1. The van der Waals surface area contributed by atoms with Crippen molar-refractivity contribution in [1.82, 2.24) is 4.98 Å². The Labute approximate surface area is 106 Å². The third-order valence-corrected chi connectivity index (χ3v) is 3.12. The summed E-state index contributed by atoms with van der Waals surface area (Å²) in [5.41, 5.74) is 4.99. The van der Waals surface area contributed by atoms with Crippen LogP contribution in [-0.2, 0) is 0 Å². The van der Waals surface area contributed by atoms with Gasteiger partial charge in [0, 0.05) is 16.6 Å². The molecule has 3 aromatic rings. The number of nitrogens with one attached hydrogen (secondary N) is 1. The van der Waals surface area contributed by atoms with E-state index >= 15 is 0 Å². The number of nitriles is 1. The van der Waals surface area contributed by atoms with Crippen molar-refractivity contribution in [3.8, 4) is 17.3 Å². The first kappa shape index (κ1) is 10.6. The molecule has 18 heavy (non-hydrogen) atoms. The van der Waals surface area contributed by atoms with Crippen molar-refractivity contribution in [2.75, 3.05) is 0 Å². The summed E-state index contributed by atoms with van der Waals surface area (Å²) < 4.78 is 0. The molecule has 1 radical (unpaired) electrons. The van der Waals surface area contributed by atoms with E-state index in [2.05, 4.69) is 23.2 Å². The normalized spacial score (nSPS) is 10.4. The molecule has 0 unspecified atom stereocenters. The molecule has 0 saturated heterocycles. The molecule has 1 heterocycles. The second kappa shape index (κ2) is 4.05. The lowest BCUT2D eigenvalue weighted by atomic mass is 10.0. The largest absolute Gasteiger partial charge is 0.355 e. The molecule has 2 heteroatoms. The molecule has 0 fully saturated rings. The molecule has 2 aromatic carbocycles. The van der Waals surface area contributed by atoms with Crippen LogP contribution in [0.3, 0.4) is 0 Å². The predicted molar refractivity (Wildman–Crippen MR) is 72.0 cm³/mol. The highest BCUT2D eigenvalue weighted by atomic mass is 14.7. The summed E-state index contributed by atoms with van der Waals surface area (Å²) in [4.78, 5) is 3.37. The number of rotatable bonds is 1. The minimum absolute atomic E-state index is 0.725. The molecular formula is C16H11N2. The third kappa shape index (κ3) is 1.66. The fourth-order valence-corrected chi connectivity index (χ4v) is 2.13. The number of aromatic nitrogens is 1. The van der Waals surface area contributed by atoms with Crippen LogP contribution in [0, 0.1) is 24.3 Å². The fourth-order valence-electron chi connectivity index (χ4n) is 2.13. The predicted octanol–water partition coefficient (Wildman–Crippen LogP) is 3.82. The van der Waals surface area contributed by atoms with Crippen LogP contribution < -0.4 is 0 Å². The van der Waals surface area contributed by atoms with E-state index in [1.165, 1.54) is 0 Å². The highest BCUT2D eigenvalue weighted by Gasteiger charge is 2.05. The van der Waals surface area contributed by atoms with Gasteiger partial charge in [-0.05, 0) is 54.4 Å². The summed E-state index contributed by atoms with van der Waals surface area (Å²) in [5.74, 6) is 0. The molecule has 0 saturated carbocycles. The smallest absolute Gasteiger partial charge is 0.0994 e. The molecular weight excluding hydrogens is 220 g/mol. The summed E-state index contributed by atoms with van der Waals surface area (Å²) in [7, 11) is 0. The van der Waals surface area contributed by atoms with Crippen molar-refractivity contribution in [2.45, 2.75) is 6.92 Å².